The predicted molar refractivity (Wildman–Crippen MR) is 278 cm³/mol. The van der Waals surface area contributed by atoms with Crippen LogP contribution in [0.25, 0.3) is 0 Å². The Labute approximate surface area is 407 Å². The highest BCUT2D eigenvalue weighted by Crippen LogP contribution is 2.43. The smallest absolute Gasteiger partial charge is 0.306 e. The highest BCUT2D eigenvalue weighted by molar-refractivity contribution is 6.99. The van der Waals surface area contributed by atoms with E-state index in [-0.39, 0.29) is 35.8 Å². The molecule has 4 atom stereocenters. The lowest BCUT2D eigenvalue weighted by Crippen LogP contribution is -2.66. The van der Waals surface area contributed by atoms with Crippen molar-refractivity contribution < 1.29 is 33.3 Å². The Morgan fingerprint density at radius 3 is 1.63 bits per heavy atom. The number of rotatable bonds is 21. The summed E-state index contributed by atoms with van der Waals surface area (Å²) in [6, 6.07) is 51.5. The Morgan fingerprint density at radius 1 is 0.731 bits per heavy atom. The molecule has 7 nitrogen and oxygen atoms in total. The second-order valence-corrected chi connectivity index (χ2v) is 29.9. The summed E-state index contributed by atoms with van der Waals surface area (Å²) in [7, 11) is -5.42. The molecule has 1 saturated heterocycles. The van der Waals surface area contributed by atoms with E-state index >= 15 is 0 Å². The molecule has 10 heteroatoms. The molecular weight excluding hydrogens is 888 g/mol. The van der Waals surface area contributed by atoms with Crippen LogP contribution in [0.1, 0.15) is 90.3 Å². The van der Waals surface area contributed by atoms with Crippen molar-refractivity contribution in [3.05, 3.63) is 191 Å². The topological polar surface area (TPSA) is 94.5 Å². The second-order valence-electron chi connectivity index (χ2n) is 20.3. The normalized spacial score (nSPS) is 18.2. The number of hydrogen-bond acceptors (Lipinski definition) is 6. The molecule has 0 aromatic heterocycles. The number of benzene rings is 5. The summed E-state index contributed by atoms with van der Waals surface area (Å²) < 4.78 is 27.9. The fourth-order valence-electron chi connectivity index (χ4n) is 9.04. The van der Waals surface area contributed by atoms with Crippen LogP contribution in [-0.4, -0.2) is 70.4 Å². The molecule has 67 heavy (non-hydrogen) atoms. The summed E-state index contributed by atoms with van der Waals surface area (Å²) in [6.45, 7) is 17.9. The van der Waals surface area contributed by atoms with E-state index in [1.165, 1.54) is 0 Å². The van der Waals surface area contributed by atoms with Crippen LogP contribution >= 0.6 is 11.6 Å². The highest BCUT2D eigenvalue weighted by atomic mass is 35.5. The summed E-state index contributed by atoms with van der Waals surface area (Å²) in [4.78, 5) is 12.6. The molecule has 0 unspecified atom stereocenters. The Hall–Kier alpha value is -4.43. The fraction of sp³-hybridized carbons (Fsp3) is 0.386. The van der Waals surface area contributed by atoms with Gasteiger partial charge in [-0.25, -0.2) is 0 Å². The minimum absolute atomic E-state index is 0.146. The van der Waals surface area contributed by atoms with E-state index in [1.54, 1.807) is 0 Å². The van der Waals surface area contributed by atoms with E-state index in [9.17, 15) is 15.0 Å². The molecule has 0 radical (unpaired) electrons. The molecule has 356 valence electrons. The lowest BCUT2D eigenvalue weighted by atomic mass is 9.80. The van der Waals surface area contributed by atoms with Gasteiger partial charge in [0.05, 0.1) is 37.9 Å². The van der Waals surface area contributed by atoms with Gasteiger partial charge in [0.2, 0.25) is 0 Å². The Bertz CT molecular complexity index is 2230. The van der Waals surface area contributed by atoms with Gasteiger partial charge in [0.15, 0.2) is 8.32 Å². The summed E-state index contributed by atoms with van der Waals surface area (Å²) in [5.74, 6) is -0.929. The van der Waals surface area contributed by atoms with Crippen molar-refractivity contribution in [2.75, 3.05) is 13.2 Å². The maximum atomic E-state index is 12.6. The average molecular weight is 960 g/mol. The number of halogens is 1. The number of aliphatic hydroxyl groups excluding tert-OH is 1. The van der Waals surface area contributed by atoms with Crippen molar-refractivity contribution in [1.82, 2.24) is 0 Å². The molecule has 5 aromatic carbocycles. The number of carbonyl (C=O) groups is 1. The molecule has 1 aliphatic rings. The molecule has 2 N–H and O–H groups in total. The van der Waals surface area contributed by atoms with Crippen LogP contribution in [0.15, 0.2) is 174 Å². The van der Waals surface area contributed by atoms with Crippen LogP contribution in [0.2, 0.25) is 23.2 Å². The first kappa shape index (κ1) is 52.0. The number of carboxylic acid groups (broad SMARTS) is 1. The van der Waals surface area contributed by atoms with Gasteiger partial charge in [-0.3, -0.25) is 4.79 Å². The van der Waals surface area contributed by atoms with Gasteiger partial charge >= 0.3 is 5.97 Å². The molecule has 0 bridgehead atoms. The zero-order valence-corrected chi connectivity index (χ0v) is 43.4. The van der Waals surface area contributed by atoms with E-state index in [4.69, 9.17) is 29.9 Å². The van der Waals surface area contributed by atoms with Crippen molar-refractivity contribution in [1.29, 1.82) is 0 Å². The summed E-state index contributed by atoms with van der Waals surface area (Å²) >= 11 is 6.99. The quantitative estimate of drug-likeness (QED) is 0.0430. The average Bonchev–Trinajstić information content (AvgIpc) is 3.67. The second kappa shape index (κ2) is 22.8. The number of hydrogen-bond donors (Lipinski definition) is 2. The molecule has 0 aliphatic carbocycles. The highest BCUT2D eigenvalue weighted by Gasteiger charge is 2.51. The van der Waals surface area contributed by atoms with Gasteiger partial charge in [0.1, 0.15) is 11.7 Å². The third-order valence-corrected chi connectivity index (χ3v) is 23.4. The summed E-state index contributed by atoms with van der Waals surface area (Å²) in [5, 5.41) is 24.2. The van der Waals surface area contributed by atoms with Crippen molar-refractivity contribution in [3.8, 4) is 0 Å². The van der Waals surface area contributed by atoms with Crippen LogP contribution in [0.3, 0.4) is 0 Å². The monoisotopic (exact) mass is 958 g/mol. The summed E-state index contributed by atoms with van der Waals surface area (Å²) in [5.41, 5.74) is 2.83. The van der Waals surface area contributed by atoms with Crippen LogP contribution < -0.4 is 10.4 Å². The van der Waals surface area contributed by atoms with Crippen molar-refractivity contribution in [2.24, 2.45) is 0 Å². The lowest BCUT2D eigenvalue weighted by Gasteiger charge is -2.44. The minimum Gasteiger partial charge on any atom is -0.481 e. The first-order valence-electron chi connectivity index (χ1n) is 23.7. The Kier molecular flexibility index (Phi) is 17.7. The van der Waals surface area contributed by atoms with E-state index < -0.39 is 46.5 Å². The molecule has 0 amide bonds. The van der Waals surface area contributed by atoms with Crippen molar-refractivity contribution in [3.63, 3.8) is 0 Å². The molecule has 1 aliphatic heterocycles. The van der Waals surface area contributed by atoms with E-state index in [1.807, 2.05) is 72.8 Å². The molecule has 6 rings (SSSR count). The van der Waals surface area contributed by atoms with Gasteiger partial charge < -0.3 is 28.5 Å². The molecule has 0 saturated carbocycles. The van der Waals surface area contributed by atoms with Gasteiger partial charge in [0, 0.05) is 11.5 Å². The predicted octanol–water partition coefficient (Wildman–Crippen LogP) is 12.2. The van der Waals surface area contributed by atoms with Gasteiger partial charge in [-0.05, 0) is 75.1 Å². The third kappa shape index (κ3) is 12.6. The molecule has 1 fully saturated rings. The maximum Gasteiger partial charge on any atom is 0.306 e. The first-order valence-corrected chi connectivity index (χ1v) is 28.9. The third-order valence-electron chi connectivity index (χ3n) is 13.6. The zero-order chi connectivity index (χ0) is 48.3. The van der Waals surface area contributed by atoms with Crippen LogP contribution in [0.5, 0.6) is 0 Å². The number of ether oxygens (including phenoxy) is 2. The first-order chi connectivity index (χ1) is 31.9. The standard InChI is InChI=1S/C57H71ClO7Si2/c1-55(2,3)66(7,8)65-52(40-54(60)61)43(41-63-67(56(4,5)6,49-33-20-12-21-34-49)50-35-22-13-23-36-50)25-24-32-47(58)37-38-48-39-51(59)53(64-48)42-62-57(44-26-14-9-15-27-44,45-28-16-10-17-29-45)46-30-18-11-19-31-46/h9-23,25-36,48,51-53,59H,24,37-42H2,1-8H3,(H,60,61)/b43-25-,47-32-/t48-,51-,52-,53-/m1/s1. The van der Waals surface area contributed by atoms with Gasteiger partial charge in [-0.15, -0.1) is 0 Å². The van der Waals surface area contributed by atoms with Crippen molar-refractivity contribution in [2.45, 2.75) is 127 Å². The number of carboxylic acids is 1. The number of allylic oxidation sites excluding steroid dienone is 3. The molecular formula is C57H71ClO7Si2. The van der Waals surface area contributed by atoms with E-state index in [2.05, 4.69) is 146 Å². The lowest BCUT2D eigenvalue weighted by molar-refractivity contribution is -0.138. The molecule has 0 spiro atoms. The van der Waals surface area contributed by atoms with Crippen molar-refractivity contribution >= 4 is 44.6 Å². The Morgan fingerprint density at radius 2 is 1.19 bits per heavy atom. The maximum absolute atomic E-state index is 12.6. The molecule has 5 aromatic rings. The van der Waals surface area contributed by atoms with Gasteiger partial charge in [-0.1, -0.05) is 217 Å². The van der Waals surface area contributed by atoms with E-state index in [0.717, 1.165) is 32.6 Å². The van der Waals surface area contributed by atoms with Crippen LogP contribution in [-0.2, 0) is 28.7 Å². The molecule has 1 heterocycles. The zero-order valence-electron chi connectivity index (χ0n) is 40.7. The SMILES string of the molecule is CC(C)(C)[Si](C)(C)O[C@H](CC(=O)O)/C(=C\C/C=C(\Cl)CC[C@@H]1C[C@@H](O)[C@@H](COC(c2ccccc2)(c2ccccc2)c2ccccc2)O1)CO[Si](c1ccccc1)(c1ccccc1)C(C)(C)C. The largest absolute Gasteiger partial charge is 0.481 e. The number of aliphatic hydroxyl groups is 1. The van der Waals surface area contributed by atoms with E-state index in [0.29, 0.717) is 30.7 Å². The Balaban J connectivity index is 1.21. The van der Waals surface area contributed by atoms with Crippen LogP contribution in [0, 0.1) is 0 Å². The van der Waals surface area contributed by atoms with Gasteiger partial charge in [0.25, 0.3) is 8.32 Å². The van der Waals surface area contributed by atoms with Crippen LogP contribution in [0.4, 0.5) is 0 Å². The fourth-order valence-corrected chi connectivity index (χ4v) is 15.1. The minimum atomic E-state index is -2.98. The van der Waals surface area contributed by atoms with Gasteiger partial charge in [-0.2, -0.15) is 0 Å². The number of aliphatic carboxylic acids is 1. The summed E-state index contributed by atoms with van der Waals surface area (Å²) in [6.07, 6.45) is 3.81.